The Labute approximate surface area is 218 Å². The monoisotopic (exact) mass is 523 g/mol. The van der Waals surface area contributed by atoms with Crippen molar-refractivity contribution >= 4 is 34.9 Å². The minimum absolute atomic E-state index is 0.0757. The van der Waals surface area contributed by atoms with Gasteiger partial charge >= 0.3 is 6.03 Å². The molecule has 2 heterocycles. The molecular weight excluding hydrogens is 499 g/mol. The predicted molar refractivity (Wildman–Crippen MR) is 135 cm³/mol. The fourth-order valence-corrected chi connectivity index (χ4v) is 4.43. The smallest absolute Gasteiger partial charge is 0.332 e. The summed E-state index contributed by atoms with van der Waals surface area (Å²) < 4.78 is 21.1. The standard InChI is InChI=1S/C27H25ClFN4O4/c1-17-22(8-7-21(30-4)24(17)28)33-25(34)27(2,3)32(26(33)35)12-5-15-37-23-9-6-19(16-20(23)29)18-10-13-31(36)14-11-18/h6-11,13-14,16,36H,5,12,15H2,1-3H3/q+1. The number of carbonyl (C=O) groups is 2. The van der Waals surface area contributed by atoms with E-state index in [1.165, 1.54) is 35.5 Å². The van der Waals surface area contributed by atoms with Gasteiger partial charge in [0.1, 0.15) is 5.54 Å². The average molecular weight is 524 g/mol. The summed E-state index contributed by atoms with van der Waals surface area (Å²) >= 11 is 6.27. The van der Waals surface area contributed by atoms with E-state index in [0.717, 1.165) is 15.2 Å². The van der Waals surface area contributed by atoms with Crippen molar-refractivity contribution in [1.82, 2.24) is 4.90 Å². The number of rotatable bonds is 7. The number of ether oxygens (including phenoxy) is 1. The molecule has 0 bridgehead atoms. The van der Waals surface area contributed by atoms with Gasteiger partial charge < -0.3 is 9.64 Å². The van der Waals surface area contributed by atoms with E-state index < -0.39 is 23.3 Å². The molecule has 3 aromatic rings. The Morgan fingerprint density at radius 1 is 1.14 bits per heavy atom. The highest BCUT2D eigenvalue weighted by molar-refractivity contribution is 6.35. The Morgan fingerprint density at radius 2 is 1.84 bits per heavy atom. The van der Waals surface area contributed by atoms with Crippen molar-refractivity contribution in [3.05, 3.63) is 82.7 Å². The number of carbonyl (C=O) groups excluding carboxylic acids is 2. The van der Waals surface area contributed by atoms with Crippen molar-refractivity contribution in [3.8, 4) is 16.9 Å². The third kappa shape index (κ3) is 4.80. The maximum Gasteiger partial charge on any atom is 0.332 e. The maximum atomic E-state index is 14.6. The molecule has 1 aromatic heterocycles. The molecule has 0 saturated carbocycles. The number of imide groups is 1. The molecule has 190 valence electrons. The van der Waals surface area contributed by atoms with Gasteiger partial charge in [-0.05, 0) is 62.1 Å². The molecule has 3 amide bonds. The third-order valence-corrected chi connectivity index (χ3v) is 6.86. The first-order valence-electron chi connectivity index (χ1n) is 11.5. The molecule has 1 aliphatic heterocycles. The van der Waals surface area contributed by atoms with Gasteiger partial charge in [-0.25, -0.2) is 18.9 Å². The SMILES string of the molecule is [C-]#[N+]c1ccc(N2C(=O)N(CCCOc3ccc(-c4cc[n+](O)cc4)cc3F)C(C)(C)C2=O)c(C)c1Cl. The van der Waals surface area contributed by atoms with E-state index in [2.05, 4.69) is 4.85 Å². The van der Waals surface area contributed by atoms with E-state index in [4.69, 9.17) is 22.9 Å². The first kappa shape index (κ1) is 25.9. The van der Waals surface area contributed by atoms with E-state index in [9.17, 15) is 19.2 Å². The van der Waals surface area contributed by atoms with Gasteiger partial charge in [0.25, 0.3) is 5.91 Å². The van der Waals surface area contributed by atoms with Crippen LogP contribution in [-0.2, 0) is 4.79 Å². The van der Waals surface area contributed by atoms with Crippen LogP contribution in [0, 0.1) is 19.3 Å². The van der Waals surface area contributed by atoms with Crippen LogP contribution in [0.25, 0.3) is 16.0 Å². The summed E-state index contributed by atoms with van der Waals surface area (Å²) in [6.07, 6.45) is 3.26. The molecule has 2 aromatic carbocycles. The molecular formula is C27H25ClFN4O4+. The summed E-state index contributed by atoms with van der Waals surface area (Å²) in [5.74, 6) is -0.860. The Morgan fingerprint density at radius 3 is 2.49 bits per heavy atom. The van der Waals surface area contributed by atoms with Gasteiger partial charge in [-0.2, -0.15) is 0 Å². The molecule has 1 aliphatic rings. The number of anilines is 1. The largest absolute Gasteiger partial charge is 0.490 e. The van der Waals surface area contributed by atoms with Crippen molar-refractivity contribution in [3.63, 3.8) is 0 Å². The van der Waals surface area contributed by atoms with Crippen LogP contribution in [0.1, 0.15) is 25.8 Å². The topological polar surface area (TPSA) is 78.3 Å². The number of nitrogens with zero attached hydrogens (tertiary/aromatic N) is 4. The molecule has 37 heavy (non-hydrogen) atoms. The normalized spacial score (nSPS) is 14.7. The highest BCUT2D eigenvalue weighted by Crippen LogP contribution is 2.39. The van der Waals surface area contributed by atoms with Crippen molar-refractivity contribution < 1.29 is 28.7 Å². The molecule has 0 atom stereocenters. The number of pyridine rings is 1. The number of aromatic nitrogens is 1. The van der Waals surface area contributed by atoms with Crippen LogP contribution in [0.4, 0.5) is 20.6 Å². The van der Waals surface area contributed by atoms with Crippen LogP contribution in [-0.4, -0.2) is 40.7 Å². The molecule has 10 heteroatoms. The number of amides is 3. The average Bonchev–Trinajstić information content (AvgIpc) is 3.03. The summed E-state index contributed by atoms with van der Waals surface area (Å²) in [6, 6.07) is 10.5. The molecule has 1 saturated heterocycles. The molecule has 8 nitrogen and oxygen atoms in total. The predicted octanol–water partition coefficient (Wildman–Crippen LogP) is 5.55. The van der Waals surface area contributed by atoms with E-state index in [-0.39, 0.29) is 29.6 Å². The summed E-state index contributed by atoms with van der Waals surface area (Å²) in [6.45, 7) is 12.5. The molecule has 1 fully saturated rings. The highest BCUT2D eigenvalue weighted by Gasteiger charge is 2.51. The van der Waals surface area contributed by atoms with Crippen molar-refractivity contribution in [2.24, 2.45) is 0 Å². The lowest BCUT2D eigenvalue weighted by atomic mass is 10.0. The lowest BCUT2D eigenvalue weighted by Gasteiger charge is -2.27. The van der Waals surface area contributed by atoms with Gasteiger partial charge in [0.05, 0.1) is 23.9 Å². The van der Waals surface area contributed by atoms with Gasteiger partial charge in [0, 0.05) is 23.4 Å². The molecule has 1 N–H and O–H groups in total. The van der Waals surface area contributed by atoms with Crippen LogP contribution in [0.3, 0.4) is 0 Å². The van der Waals surface area contributed by atoms with Crippen LogP contribution >= 0.6 is 11.6 Å². The van der Waals surface area contributed by atoms with Crippen LogP contribution in [0.15, 0.2) is 54.9 Å². The zero-order chi connectivity index (χ0) is 26.9. The number of hydrogen-bond donors (Lipinski definition) is 1. The number of benzene rings is 2. The van der Waals surface area contributed by atoms with Gasteiger partial charge in [-0.15, -0.1) is 0 Å². The lowest BCUT2D eigenvalue weighted by molar-refractivity contribution is -0.904. The summed E-state index contributed by atoms with van der Waals surface area (Å²) in [4.78, 5) is 32.4. The molecule has 0 radical (unpaired) electrons. The van der Waals surface area contributed by atoms with E-state index in [1.54, 1.807) is 45.0 Å². The zero-order valence-corrected chi connectivity index (χ0v) is 21.3. The van der Waals surface area contributed by atoms with Gasteiger partial charge in [-0.3, -0.25) is 10.0 Å². The fourth-order valence-electron chi connectivity index (χ4n) is 4.23. The Kier molecular flexibility index (Phi) is 7.05. The van der Waals surface area contributed by atoms with Crippen LogP contribution in [0.5, 0.6) is 5.75 Å². The van der Waals surface area contributed by atoms with E-state index in [0.29, 0.717) is 23.2 Å². The van der Waals surface area contributed by atoms with Crippen molar-refractivity contribution in [2.75, 3.05) is 18.1 Å². The van der Waals surface area contributed by atoms with Gasteiger partial charge in [0.2, 0.25) is 18.1 Å². The van der Waals surface area contributed by atoms with Crippen LogP contribution in [0.2, 0.25) is 5.02 Å². The maximum absolute atomic E-state index is 14.6. The van der Waals surface area contributed by atoms with Gasteiger partial charge in [0.15, 0.2) is 11.6 Å². The summed E-state index contributed by atoms with van der Waals surface area (Å²) in [7, 11) is 0. The van der Waals surface area contributed by atoms with Crippen molar-refractivity contribution in [1.29, 1.82) is 0 Å². The molecule has 0 aliphatic carbocycles. The fraction of sp³-hybridized carbons (Fsp3) is 0.259. The van der Waals surface area contributed by atoms with E-state index in [1.807, 2.05) is 0 Å². The minimum Gasteiger partial charge on any atom is -0.490 e. The van der Waals surface area contributed by atoms with Crippen molar-refractivity contribution in [2.45, 2.75) is 32.7 Å². The number of urea groups is 1. The second kappa shape index (κ2) is 10.1. The zero-order valence-electron chi connectivity index (χ0n) is 20.5. The Balaban J connectivity index is 1.42. The first-order chi connectivity index (χ1) is 17.6. The summed E-state index contributed by atoms with van der Waals surface area (Å²) in [5, 5.41) is 9.55. The third-order valence-electron chi connectivity index (χ3n) is 6.38. The molecule has 4 rings (SSSR count). The second-order valence-electron chi connectivity index (χ2n) is 9.10. The number of halogens is 2. The molecule has 0 spiro atoms. The van der Waals surface area contributed by atoms with Crippen LogP contribution < -0.4 is 14.4 Å². The van der Waals surface area contributed by atoms with Gasteiger partial charge in [-0.1, -0.05) is 23.7 Å². The highest BCUT2D eigenvalue weighted by atomic mass is 35.5. The van der Waals surface area contributed by atoms with E-state index >= 15 is 0 Å². The first-order valence-corrected chi connectivity index (χ1v) is 11.9. The molecule has 0 unspecified atom stereocenters. The second-order valence-corrected chi connectivity index (χ2v) is 9.48. The quantitative estimate of drug-likeness (QED) is 0.145. The Hall–Kier alpha value is -4.16. The lowest BCUT2D eigenvalue weighted by Crippen LogP contribution is -2.44. The summed E-state index contributed by atoms with van der Waals surface area (Å²) in [5.41, 5.74) is 1.33. The Bertz CT molecular complexity index is 1420. The number of hydrogen-bond acceptors (Lipinski definition) is 4. The minimum atomic E-state index is -1.11.